The number of hydrogen-bond donors (Lipinski definition) is 1. The molecule has 3 aromatic rings. The Hall–Kier alpha value is -2.96. The molecule has 1 N–H and O–H groups in total. The van der Waals surface area contributed by atoms with Gasteiger partial charge in [-0.15, -0.1) is 5.10 Å². The van der Waals surface area contributed by atoms with Crippen molar-refractivity contribution < 1.29 is 13.2 Å². The summed E-state index contributed by atoms with van der Waals surface area (Å²) in [7, 11) is 3.84. The lowest BCUT2D eigenvalue weighted by Crippen LogP contribution is -2.08. The molecule has 118 valence electrons. The first-order valence-electron chi connectivity index (χ1n) is 6.87. The summed E-state index contributed by atoms with van der Waals surface area (Å²) in [4.78, 5) is 1.94. The molecule has 0 spiro atoms. The molecule has 5 nitrogen and oxygen atoms in total. The Bertz CT molecular complexity index is 812. The zero-order valence-corrected chi connectivity index (χ0v) is 12.5. The van der Waals surface area contributed by atoms with Crippen molar-refractivity contribution >= 4 is 17.4 Å². The lowest BCUT2D eigenvalue weighted by Gasteiger charge is -2.12. The number of aromatic nitrogens is 2. The highest BCUT2D eigenvalue weighted by Crippen LogP contribution is 2.27. The number of halogens is 2. The standard InChI is InChI=1S/C16H14F2N4O/c1-22(2)11-6-3-5-10(9-11)15-20-21-16(23-15)19-14-12(17)7-4-8-13(14)18/h3-9H,1-2H3,(H,19,21). The van der Waals surface area contributed by atoms with Gasteiger partial charge >= 0.3 is 6.01 Å². The maximum Gasteiger partial charge on any atom is 0.320 e. The van der Waals surface area contributed by atoms with Crippen LogP contribution < -0.4 is 10.2 Å². The van der Waals surface area contributed by atoms with Gasteiger partial charge in [-0.3, -0.25) is 0 Å². The summed E-state index contributed by atoms with van der Waals surface area (Å²) in [5, 5.41) is 10.1. The zero-order chi connectivity index (χ0) is 16.4. The van der Waals surface area contributed by atoms with Crippen LogP contribution in [0, 0.1) is 11.6 Å². The fourth-order valence-corrected chi connectivity index (χ4v) is 2.03. The van der Waals surface area contributed by atoms with E-state index in [-0.39, 0.29) is 17.6 Å². The third kappa shape index (κ3) is 3.13. The monoisotopic (exact) mass is 316 g/mol. The topological polar surface area (TPSA) is 54.2 Å². The number of nitrogens with one attached hydrogen (secondary N) is 1. The first-order chi connectivity index (χ1) is 11.0. The van der Waals surface area contributed by atoms with Gasteiger partial charge in [0.15, 0.2) is 0 Å². The van der Waals surface area contributed by atoms with Crippen molar-refractivity contribution in [3.05, 3.63) is 54.1 Å². The summed E-state index contributed by atoms with van der Waals surface area (Å²) in [5.74, 6) is -1.22. The molecule has 0 saturated carbocycles. The van der Waals surface area contributed by atoms with E-state index in [4.69, 9.17) is 4.42 Å². The second kappa shape index (κ2) is 6.04. The lowest BCUT2D eigenvalue weighted by molar-refractivity contribution is 0.570. The Balaban J connectivity index is 1.88. The van der Waals surface area contributed by atoms with E-state index in [1.54, 1.807) is 0 Å². The molecule has 1 aromatic heterocycles. The van der Waals surface area contributed by atoms with Crippen LogP contribution in [0.15, 0.2) is 46.9 Å². The van der Waals surface area contributed by atoms with E-state index in [0.717, 1.165) is 17.8 Å². The lowest BCUT2D eigenvalue weighted by atomic mass is 10.2. The molecule has 7 heteroatoms. The minimum atomic E-state index is -0.737. The van der Waals surface area contributed by atoms with E-state index in [2.05, 4.69) is 15.5 Å². The Morgan fingerprint density at radius 2 is 1.70 bits per heavy atom. The predicted octanol–water partition coefficient (Wildman–Crippen LogP) is 3.82. The van der Waals surface area contributed by atoms with Crippen LogP contribution in [0.4, 0.5) is 26.2 Å². The Labute approximate surface area is 131 Å². The van der Waals surface area contributed by atoms with Gasteiger partial charge in [-0.05, 0) is 30.3 Å². The molecular formula is C16H14F2N4O. The predicted molar refractivity (Wildman–Crippen MR) is 83.7 cm³/mol. The van der Waals surface area contributed by atoms with Crippen molar-refractivity contribution in [3.63, 3.8) is 0 Å². The van der Waals surface area contributed by atoms with Crippen molar-refractivity contribution in [1.29, 1.82) is 0 Å². The highest BCUT2D eigenvalue weighted by molar-refractivity contribution is 5.62. The summed E-state index contributed by atoms with van der Waals surface area (Å²) < 4.78 is 32.7. The van der Waals surface area contributed by atoms with Crippen molar-refractivity contribution in [2.45, 2.75) is 0 Å². The van der Waals surface area contributed by atoms with Crippen LogP contribution in [0.3, 0.4) is 0 Å². The number of anilines is 3. The summed E-state index contributed by atoms with van der Waals surface area (Å²) in [5.41, 5.74) is 1.35. The molecule has 0 radical (unpaired) electrons. The fraction of sp³-hybridized carbons (Fsp3) is 0.125. The first-order valence-corrected chi connectivity index (χ1v) is 6.87. The molecule has 23 heavy (non-hydrogen) atoms. The van der Waals surface area contributed by atoms with Gasteiger partial charge in [0.1, 0.15) is 17.3 Å². The summed E-state index contributed by atoms with van der Waals surface area (Å²) in [6.45, 7) is 0. The van der Waals surface area contributed by atoms with E-state index in [0.29, 0.717) is 5.56 Å². The van der Waals surface area contributed by atoms with Crippen LogP contribution in [-0.4, -0.2) is 24.3 Å². The van der Waals surface area contributed by atoms with Crippen LogP contribution in [0.1, 0.15) is 0 Å². The number of rotatable bonds is 4. The van der Waals surface area contributed by atoms with E-state index in [9.17, 15) is 8.78 Å². The number of nitrogens with zero attached hydrogens (tertiary/aromatic N) is 3. The van der Waals surface area contributed by atoms with Crippen LogP contribution in [-0.2, 0) is 0 Å². The average Bonchev–Trinajstić information content (AvgIpc) is 3.00. The molecule has 1 heterocycles. The Morgan fingerprint density at radius 1 is 1.00 bits per heavy atom. The molecule has 0 amide bonds. The highest BCUT2D eigenvalue weighted by Gasteiger charge is 2.14. The van der Waals surface area contributed by atoms with E-state index in [1.165, 1.54) is 6.07 Å². The third-order valence-corrected chi connectivity index (χ3v) is 3.23. The number of para-hydroxylation sites is 1. The molecule has 0 unspecified atom stereocenters. The highest BCUT2D eigenvalue weighted by atomic mass is 19.1. The quantitative estimate of drug-likeness (QED) is 0.793. The van der Waals surface area contributed by atoms with Gasteiger partial charge < -0.3 is 14.6 Å². The first kappa shape index (κ1) is 15.0. The maximum atomic E-state index is 13.6. The minimum Gasteiger partial charge on any atom is -0.403 e. The van der Waals surface area contributed by atoms with E-state index >= 15 is 0 Å². The number of hydrogen-bond acceptors (Lipinski definition) is 5. The summed E-state index contributed by atoms with van der Waals surface area (Å²) >= 11 is 0. The van der Waals surface area contributed by atoms with Crippen molar-refractivity contribution in [2.24, 2.45) is 0 Å². The van der Waals surface area contributed by atoms with Gasteiger partial charge in [0.25, 0.3) is 0 Å². The molecule has 0 aliphatic heterocycles. The average molecular weight is 316 g/mol. The smallest absolute Gasteiger partial charge is 0.320 e. The van der Waals surface area contributed by atoms with Gasteiger partial charge in [-0.2, -0.15) is 0 Å². The minimum absolute atomic E-state index is 0.0840. The summed E-state index contributed by atoms with van der Waals surface area (Å²) in [6.07, 6.45) is 0. The molecule has 3 rings (SSSR count). The molecule has 2 aromatic carbocycles. The molecular weight excluding hydrogens is 302 g/mol. The molecule has 0 atom stereocenters. The second-order valence-corrected chi connectivity index (χ2v) is 5.08. The van der Waals surface area contributed by atoms with Crippen LogP contribution in [0.5, 0.6) is 0 Å². The maximum absolute atomic E-state index is 13.6. The molecule has 0 bridgehead atoms. The van der Waals surface area contributed by atoms with Crippen molar-refractivity contribution in [3.8, 4) is 11.5 Å². The van der Waals surface area contributed by atoms with Gasteiger partial charge in [0, 0.05) is 25.3 Å². The molecule has 0 saturated heterocycles. The van der Waals surface area contributed by atoms with E-state index < -0.39 is 11.6 Å². The fourth-order valence-electron chi connectivity index (χ4n) is 2.03. The molecule has 0 aliphatic carbocycles. The van der Waals surface area contributed by atoms with Crippen LogP contribution >= 0.6 is 0 Å². The molecule has 0 fully saturated rings. The summed E-state index contributed by atoms with van der Waals surface area (Å²) in [6, 6.07) is 11.0. The Morgan fingerprint density at radius 3 is 2.39 bits per heavy atom. The van der Waals surface area contributed by atoms with E-state index in [1.807, 2.05) is 43.3 Å². The third-order valence-electron chi connectivity index (χ3n) is 3.23. The second-order valence-electron chi connectivity index (χ2n) is 5.08. The van der Waals surface area contributed by atoms with Crippen molar-refractivity contribution in [2.75, 3.05) is 24.3 Å². The van der Waals surface area contributed by atoms with Crippen LogP contribution in [0.25, 0.3) is 11.5 Å². The SMILES string of the molecule is CN(C)c1cccc(-c2nnc(Nc3c(F)cccc3F)o2)c1. The Kier molecular flexibility index (Phi) is 3.92. The van der Waals surface area contributed by atoms with Gasteiger partial charge in [-0.25, -0.2) is 8.78 Å². The van der Waals surface area contributed by atoms with Crippen LogP contribution in [0.2, 0.25) is 0 Å². The molecule has 0 aliphatic rings. The zero-order valence-electron chi connectivity index (χ0n) is 12.5. The van der Waals surface area contributed by atoms with Gasteiger partial charge in [0.05, 0.1) is 0 Å². The van der Waals surface area contributed by atoms with Crippen molar-refractivity contribution in [1.82, 2.24) is 10.2 Å². The van der Waals surface area contributed by atoms with Gasteiger partial charge in [0.2, 0.25) is 5.89 Å². The van der Waals surface area contributed by atoms with Gasteiger partial charge in [-0.1, -0.05) is 17.2 Å². The normalized spacial score (nSPS) is 10.6. The largest absolute Gasteiger partial charge is 0.403 e. The number of benzene rings is 2.